The number of fused-ring (bicyclic) bond motifs is 3. The van der Waals surface area contributed by atoms with Crippen molar-refractivity contribution in [1.29, 1.82) is 0 Å². The number of aromatic nitrogens is 3. The molecular formula is C18H16ClN5O2. The molecular weight excluding hydrogens is 354 g/mol. The molecule has 3 heterocycles. The van der Waals surface area contributed by atoms with Crippen molar-refractivity contribution in [2.75, 3.05) is 12.4 Å². The Hall–Kier alpha value is -3.06. The number of amides is 1. The van der Waals surface area contributed by atoms with Crippen molar-refractivity contribution in [2.45, 2.75) is 6.61 Å². The largest absolute Gasteiger partial charge is 0.486 e. The number of anilines is 2. The van der Waals surface area contributed by atoms with Crippen LogP contribution in [0.25, 0.3) is 11.3 Å². The summed E-state index contributed by atoms with van der Waals surface area (Å²) in [5.41, 5.74) is 4.51. The summed E-state index contributed by atoms with van der Waals surface area (Å²) in [4.78, 5) is 16.1. The lowest BCUT2D eigenvalue weighted by molar-refractivity contribution is 0.0963. The number of carbonyl (C=O) groups is 1. The molecule has 0 saturated heterocycles. The van der Waals surface area contributed by atoms with Gasteiger partial charge in [-0.2, -0.15) is 5.10 Å². The van der Waals surface area contributed by atoms with Crippen LogP contribution in [0.1, 0.15) is 15.9 Å². The van der Waals surface area contributed by atoms with E-state index in [4.69, 9.17) is 16.3 Å². The molecule has 0 radical (unpaired) electrons. The maximum atomic E-state index is 12.1. The van der Waals surface area contributed by atoms with Gasteiger partial charge in [-0.1, -0.05) is 17.7 Å². The zero-order valence-corrected chi connectivity index (χ0v) is 15.0. The van der Waals surface area contributed by atoms with Gasteiger partial charge in [0.05, 0.1) is 16.9 Å². The molecule has 0 spiro atoms. The topological polar surface area (TPSA) is 81.1 Å². The first-order valence-electron chi connectivity index (χ1n) is 8.00. The number of nitrogens with one attached hydrogen (secondary N) is 2. The molecule has 1 aliphatic rings. The van der Waals surface area contributed by atoms with Gasteiger partial charge in [-0.25, -0.2) is 4.98 Å². The van der Waals surface area contributed by atoms with Crippen LogP contribution in [0, 0.1) is 0 Å². The van der Waals surface area contributed by atoms with E-state index in [0.29, 0.717) is 23.6 Å². The highest BCUT2D eigenvalue weighted by molar-refractivity contribution is 6.29. The molecule has 2 aromatic heterocycles. The molecule has 3 aromatic rings. The summed E-state index contributed by atoms with van der Waals surface area (Å²) < 4.78 is 7.73. The quantitative estimate of drug-likeness (QED) is 0.693. The van der Waals surface area contributed by atoms with Gasteiger partial charge in [-0.15, -0.1) is 0 Å². The minimum Gasteiger partial charge on any atom is -0.486 e. The summed E-state index contributed by atoms with van der Waals surface area (Å²) >= 11 is 6.02. The first kappa shape index (κ1) is 16.4. The van der Waals surface area contributed by atoms with E-state index in [-0.39, 0.29) is 11.1 Å². The molecule has 2 N–H and O–H groups in total. The van der Waals surface area contributed by atoms with Crippen LogP contribution in [-0.2, 0) is 13.7 Å². The molecule has 1 aromatic carbocycles. The highest BCUT2D eigenvalue weighted by Gasteiger charge is 2.23. The van der Waals surface area contributed by atoms with Gasteiger partial charge >= 0.3 is 0 Å². The highest BCUT2D eigenvalue weighted by Crippen LogP contribution is 2.42. The van der Waals surface area contributed by atoms with Gasteiger partial charge in [0, 0.05) is 37.6 Å². The second kappa shape index (κ2) is 6.34. The summed E-state index contributed by atoms with van der Waals surface area (Å²) in [6.45, 7) is 0.439. The van der Waals surface area contributed by atoms with E-state index < -0.39 is 0 Å². The first-order valence-corrected chi connectivity index (χ1v) is 8.38. The predicted molar refractivity (Wildman–Crippen MR) is 98.9 cm³/mol. The Bertz CT molecular complexity index is 1010. The molecule has 26 heavy (non-hydrogen) atoms. The number of hydrogen-bond donors (Lipinski definition) is 2. The highest BCUT2D eigenvalue weighted by atomic mass is 35.5. The van der Waals surface area contributed by atoms with Gasteiger partial charge in [-0.3, -0.25) is 9.48 Å². The average Bonchev–Trinajstić information content (AvgIpc) is 3.02. The zero-order valence-electron chi connectivity index (χ0n) is 14.2. The zero-order chi connectivity index (χ0) is 18.3. The van der Waals surface area contributed by atoms with Crippen LogP contribution in [0.3, 0.4) is 0 Å². The van der Waals surface area contributed by atoms with E-state index in [2.05, 4.69) is 20.7 Å². The van der Waals surface area contributed by atoms with Gasteiger partial charge < -0.3 is 15.4 Å². The van der Waals surface area contributed by atoms with Crippen molar-refractivity contribution in [3.63, 3.8) is 0 Å². The van der Waals surface area contributed by atoms with Gasteiger partial charge in [0.2, 0.25) is 0 Å². The molecule has 1 aliphatic heterocycles. The Morgan fingerprint density at radius 1 is 1.35 bits per heavy atom. The van der Waals surface area contributed by atoms with Gasteiger partial charge in [0.25, 0.3) is 5.91 Å². The minimum atomic E-state index is -0.255. The number of hydrogen-bond acceptors (Lipinski definition) is 5. The Balaban J connectivity index is 1.78. The number of carbonyl (C=O) groups excluding carboxylic acids is 1. The number of nitrogens with zero attached hydrogens (tertiary/aromatic N) is 3. The van der Waals surface area contributed by atoms with Crippen LogP contribution in [0.5, 0.6) is 5.75 Å². The molecule has 0 bridgehead atoms. The molecule has 132 valence electrons. The molecule has 4 rings (SSSR count). The fourth-order valence-electron chi connectivity index (χ4n) is 2.99. The Morgan fingerprint density at radius 2 is 2.19 bits per heavy atom. The second-order valence-corrected chi connectivity index (χ2v) is 6.29. The molecule has 0 saturated carbocycles. The Morgan fingerprint density at radius 3 is 3.00 bits per heavy atom. The Kier molecular flexibility index (Phi) is 4.00. The maximum Gasteiger partial charge on any atom is 0.254 e. The van der Waals surface area contributed by atoms with E-state index in [1.54, 1.807) is 17.8 Å². The SMILES string of the molecule is CNC(=O)c1cnc(Cl)cc1Nc1cccc2c1OCc1cn(C)nc1-2. The summed E-state index contributed by atoms with van der Waals surface area (Å²) in [7, 11) is 3.45. The molecule has 8 heteroatoms. The third-order valence-electron chi connectivity index (χ3n) is 4.16. The molecule has 1 amide bonds. The van der Waals surface area contributed by atoms with Crippen LogP contribution in [-0.4, -0.2) is 27.7 Å². The second-order valence-electron chi connectivity index (χ2n) is 5.90. The molecule has 7 nitrogen and oxygen atoms in total. The lowest BCUT2D eigenvalue weighted by atomic mass is 10.0. The van der Waals surface area contributed by atoms with Crippen LogP contribution in [0.2, 0.25) is 5.15 Å². The number of pyridine rings is 1. The number of rotatable bonds is 3. The van der Waals surface area contributed by atoms with Crippen LogP contribution in [0.4, 0.5) is 11.4 Å². The van der Waals surface area contributed by atoms with Crippen LogP contribution in [0.15, 0.2) is 36.7 Å². The normalized spacial score (nSPS) is 12.0. The monoisotopic (exact) mass is 369 g/mol. The van der Waals surface area contributed by atoms with E-state index in [1.165, 1.54) is 6.20 Å². The summed E-state index contributed by atoms with van der Waals surface area (Å²) in [5, 5.41) is 10.7. The summed E-state index contributed by atoms with van der Waals surface area (Å²) in [5.74, 6) is 0.434. The van der Waals surface area contributed by atoms with Crippen molar-refractivity contribution in [3.8, 4) is 17.0 Å². The lowest BCUT2D eigenvalue weighted by Crippen LogP contribution is -2.19. The lowest BCUT2D eigenvalue weighted by Gasteiger charge is -2.21. The smallest absolute Gasteiger partial charge is 0.254 e. The van der Waals surface area contributed by atoms with Gasteiger partial charge in [0.1, 0.15) is 17.5 Å². The van der Waals surface area contributed by atoms with Crippen LogP contribution < -0.4 is 15.4 Å². The first-order chi connectivity index (χ1) is 12.6. The van der Waals surface area contributed by atoms with Crippen LogP contribution >= 0.6 is 11.6 Å². The third kappa shape index (κ3) is 2.76. The number of halogens is 1. The number of aryl methyl sites for hydroxylation is 1. The maximum absolute atomic E-state index is 12.1. The predicted octanol–water partition coefficient (Wildman–Crippen LogP) is 3.13. The van der Waals surface area contributed by atoms with E-state index in [9.17, 15) is 4.79 Å². The van der Waals surface area contributed by atoms with E-state index in [0.717, 1.165) is 22.5 Å². The average molecular weight is 370 g/mol. The van der Waals surface area contributed by atoms with Gasteiger partial charge in [-0.05, 0) is 18.2 Å². The third-order valence-corrected chi connectivity index (χ3v) is 4.37. The summed E-state index contributed by atoms with van der Waals surface area (Å²) in [6.07, 6.45) is 3.39. The van der Waals surface area contributed by atoms with Crippen molar-refractivity contribution in [3.05, 3.63) is 52.9 Å². The standard InChI is InChI=1S/C18H16ClN5O2/c1-20-18(25)12-7-21-15(19)6-14(12)22-13-5-3-4-11-16-10(8-24(2)23-16)9-26-17(11)13/h3-8H,9H2,1-2H3,(H,20,25)(H,21,22). The van der Waals surface area contributed by atoms with E-state index >= 15 is 0 Å². The molecule has 0 unspecified atom stereocenters. The van der Waals surface area contributed by atoms with Crippen molar-refractivity contribution >= 4 is 28.9 Å². The minimum absolute atomic E-state index is 0.255. The molecule has 0 atom stereocenters. The van der Waals surface area contributed by atoms with Crippen molar-refractivity contribution in [2.24, 2.45) is 7.05 Å². The van der Waals surface area contributed by atoms with E-state index in [1.807, 2.05) is 31.4 Å². The van der Waals surface area contributed by atoms with Gasteiger partial charge in [0.15, 0.2) is 5.75 Å². The fourth-order valence-corrected chi connectivity index (χ4v) is 3.15. The number of para-hydroxylation sites is 1. The molecule has 0 aliphatic carbocycles. The fraction of sp³-hybridized carbons (Fsp3) is 0.167. The molecule has 0 fully saturated rings. The number of benzene rings is 1. The van der Waals surface area contributed by atoms with Crippen molar-refractivity contribution in [1.82, 2.24) is 20.1 Å². The van der Waals surface area contributed by atoms with Crippen molar-refractivity contribution < 1.29 is 9.53 Å². The Labute approximate surface area is 155 Å². The summed E-state index contributed by atoms with van der Waals surface area (Å²) in [6, 6.07) is 7.37. The number of ether oxygens (including phenoxy) is 1.